The molecule has 0 saturated heterocycles. The van der Waals surface area contributed by atoms with E-state index >= 15 is 0 Å². The summed E-state index contributed by atoms with van der Waals surface area (Å²) in [5.41, 5.74) is 4.87. The van der Waals surface area contributed by atoms with Crippen molar-refractivity contribution in [2.45, 2.75) is 31.7 Å². The van der Waals surface area contributed by atoms with Crippen LogP contribution in [0.2, 0.25) is 5.02 Å². The van der Waals surface area contributed by atoms with E-state index in [2.05, 4.69) is 11.5 Å². The molecule has 0 radical (unpaired) electrons. The average molecular weight is 311 g/mol. The van der Waals surface area contributed by atoms with Gasteiger partial charge in [-0.3, -0.25) is 11.3 Å². The smallest absolute Gasteiger partial charge is 0.127 e. The Morgan fingerprint density at radius 1 is 1.35 bits per heavy atom. The van der Waals surface area contributed by atoms with Crippen molar-refractivity contribution in [2.75, 3.05) is 0 Å². The standard InChI is InChI=1S/C15H16ClFN2S/c16-11-5-4-9(12(17)8-11)6-13(19-18)15-7-10-2-1-3-14(10)20-15/h4-5,7-8,13,19H,1-3,6,18H2. The molecule has 106 valence electrons. The van der Waals surface area contributed by atoms with Gasteiger partial charge in [0.2, 0.25) is 0 Å². The summed E-state index contributed by atoms with van der Waals surface area (Å²) in [5, 5.41) is 0.415. The van der Waals surface area contributed by atoms with E-state index in [1.807, 2.05) is 0 Å². The lowest BCUT2D eigenvalue weighted by Crippen LogP contribution is -2.29. The molecule has 5 heteroatoms. The fourth-order valence-corrected chi connectivity index (χ4v) is 4.15. The Bertz CT molecular complexity index is 605. The van der Waals surface area contributed by atoms with Crippen LogP contribution in [0.3, 0.4) is 0 Å². The minimum Gasteiger partial charge on any atom is -0.271 e. The molecule has 1 heterocycles. The third-order valence-corrected chi connectivity index (χ3v) is 5.34. The number of benzene rings is 1. The molecule has 0 fully saturated rings. The van der Waals surface area contributed by atoms with Gasteiger partial charge >= 0.3 is 0 Å². The molecule has 0 aliphatic heterocycles. The predicted molar refractivity (Wildman–Crippen MR) is 81.5 cm³/mol. The van der Waals surface area contributed by atoms with Crippen molar-refractivity contribution in [1.82, 2.24) is 5.43 Å². The van der Waals surface area contributed by atoms with E-state index in [1.54, 1.807) is 23.5 Å². The maximum atomic E-state index is 13.9. The molecule has 0 bridgehead atoms. The van der Waals surface area contributed by atoms with Crippen molar-refractivity contribution in [3.05, 3.63) is 56.0 Å². The first-order valence-electron chi connectivity index (χ1n) is 6.69. The summed E-state index contributed by atoms with van der Waals surface area (Å²) in [6, 6.07) is 6.94. The van der Waals surface area contributed by atoms with Gasteiger partial charge in [0.15, 0.2) is 0 Å². The molecule has 1 aromatic heterocycles. The molecule has 1 aliphatic carbocycles. The third kappa shape index (κ3) is 2.74. The molecule has 2 aromatic rings. The van der Waals surface area contributed by atoms with Gasteiger partial charge in [-0.1, -0.05) is 17.7 Å². The van der Waals surface area contributed by atoms with Gasteiger partial charge in [0.25, 0.3) is 0 Å². The van der Waals surface area contributed by atoms with Crippen molar-refractivity contribution in [3.63, 3.8) is 0 Å². The number of aryl methyl sites for hydroxylation is 2. The van der Waals surface area contributed by atoms with Gasteiger partial charge in [-0.25, -0.2) is 4.39 Å². The lowest BCUT2D eigenvalue weighted by atomic mass is 10.0. The van der Waals surface area contributed by atoms with Crippen molar-refractivity contribution in [3.8, 4) is 0 Å². The zero-order chi connectivity index (χ0) is 14.1. The molecule has 1 atom stereocenters. The summed E-state index contributed by atoms with van der Waals surface area (Å²) in [5.74, 6) is 5.38. The van der Waals surface area contributed by atoms with Crippen LogP contribution < -0.4 is 11.3 Å². The summed E-state index contributed by atoms with van der Waals surface area (Å²) in [6.45, 7) is 0. The first kappa shape index (κ1) is 14.0. The summed E-state index contributed by atoms with van der Waals surface area (Å²) in [7, 11) is 0. The topological polar surface area (TPSA) is 38.0 Å². The van der Waals surface area contributed by atoms with Crippen LogP contribution in [0.1, 0.15) is 33.3 Å². The van der Waals surface area contributed by atoms with Crippen LogP contribution in [-0.2, 0) is 19.3 Å². The molecule has 3 N–H and O–H groups in total. The first-order valence-corrected chi connectivity index (χ1v) is 7.88. The Morgan fingerprint density at radius 3 is 2.90 bits per heavy atom. The Morgan fingerprint density at radius 2 is 2.20 bits per heavy atom. The summed E-state index contributed by atoms with van der Waals surface area (Å²) in [6.07, 6.45) is 4.08. The second kappa shape index (κ2) is 5.82. The number of rotatable bonds is 4. The second-order valence-corrected chi connectivity index (χ2v) is 6.71. The van der Waals surface area contributed by atoms with Crippen LogP contribution in [-0.4, -0.2) is 0 Å². The van der Waals surface area contributed by atoms with E-state index < -0.39 is 0 Å². The third-order valence-electron chi connectivity index (χ3n) is 3.75. The normalized spacial score (nSPS) is 15.3. The highest BCUT2D eigenvalue weighted by Crippen LogP contribution is 2.35. The molecule has 0 amide bonds. The van der Waals surface area contributed by atoms with Gasteiger partial charge in [0.1, 0.15) is 5.82 Å². The fraction of sp³-hybridized carbons (Fsp3) is 0.333. The number of hydrazine groups is 1. The molecule has 0 saturated carbocycles. The molecule has 1 unspecified atom stereocenters. The van der Waals surface area contributed by atoms with Gasteiger partial charge < -0.3 is 0 Å². The van der Waals surface area contributed by atoms with E-state index in [9.17, 15) is 4.39 Å². The van der Waals surface area contributed by atoms with Crippen LogP contribution in [0.25, 0.3) is 0 Å². The minimum atomic E-state index is -0.276. The van der Waals surface area contributed by atoms with Crippen LogP contribution in [0, 0.1) is 5.82 Å². The number of thiophene rings is 1. The number of fused-ring (bicyclic) bond motifs is 1. The van der Waals surface area contributed by atoms with E-state index in [0.29, 0.717) is 17.0 Å². The lowest BCUT2D eigenvalue weighted by Gasteiger charge is -2.15. The molecule has 0 spiro atoms. The van der Waals surface area contributed by atoms with Crippen molar-refractivity contribution >= 4 is 22.9 Å². The zero-order valence-corrected chi connectivity index (χ0v) is 12.5. The van der Waals surface area contributed by atoms with E-state index in [4.69, 9.17) is 17.4 Å². The SMILES string of the molecule is NNC(Cc1ccc(Cl)cc1F)c1cc2c(s1)CCC2. The Labute approximate surface area is 126 Å². The number of halogens is 2. The van der Waals surface area contributed by atoms with E-state index in [0.717, 1.165) is 12.8 Å². The molecule has 3 rings (SSSR count). The number of nitrogens with two attached hydrogens (primary N) is 1. The predicted octanol–water partition coefficient (Wildman–Crippen LogP) is 3.78. The van der Waals surface area contributed by atoms with E-state index in [1.165, 1.54) is 27.8 Å². The molecular weight excluding hydrogens is 295 g/mol. The van der Waals surface area contributed by atoms with Crippen molar-refractivity contribution < 1.29 is 4.39 Å². The van der Waals surface area contributed by atoms with Gasteiger partial charge in [-0.05, 0) is 55.0 Å². The summed E-state index contributed by atoms with van der Waals surface area (Å²) < 4.78 is 13.9. The molecule has 1 aromatic carbocycles. The minimum absolute atomic E-state index is 0.0544. The molecular formula is C15H16ClFN2S. The number of hydrogen-bond acceptors (Lipinski definition) is 3. The van der Waals surface area contributed by atoms with Gasteiger partial charge in [0.05, 0.1) is 6.04 Å². The average Bonchev–Trinajstić information content (AvgIpc) is 2.98. The first-order chi connectivity index (χ1) is 9.67. The molecule has 20 heavy (non-hydrogen) atoms. The number of nitrogens with one attached hydrogen (secondary N) is 1. The van der Waals surface area contributed by atoms with Crippen molar-refractivity contribution in [1.29, 1.82) is 0 Å². The zero-order valence-electron chi connectivity index (χ0n) is 11.0. The number of hydrogen-bond donors (Lipinski definition) is 2. The highest BCUT2D eigenvalue weighted by atomic mass is 35.5. The highest BCUT2D eigenvalue weighted by molar-refractivity contribution is 7.12. The highest BCUT2D eigenvalue weighted by Gasteiger charge is 2.20. The van der Waals surface area contributed by atoms with Crippen LogP contribution in [0.4, 0.5) is 4.39 Å². The maximum Gasteiger partial charge on any atom is 0.127 e. The maximum absolute atomic E-state index is 13.9. The van der Waals surface area contributed by atoms with E-state index in [-0.39, 0.29) is 11.9 Å². The summed E-state index contributed by atoms with van der Waals surface area (Å²) in [4.78, 5) is 2.64. The van der Waals surface area contributed by atoms with Gasteiger partial charge in [-0.15, -0.1) is 11.3 Å². The van der Waals surface area contributed by atoms with Crippen LogP contribution in [0.15, 0.2) is 24.3 Å². The summed E-state index contributed by atoms with van der Waals surface area (Å²) >= 11 is 7.57. The molecule has 2 nitrogen and oxygen atoms in total. The van der Waals surface area contributed by atoms with Crippen molar-refractivity contribution in [2.24, 2.45) is 5.84 Å². The Kier molecular flexibility index (Phi) is 4.08. The largest absolute Gasteiger partial charge is 0.271 e. The monoisotopic (exact) mass is 310 g/mol. The van der Waals surface area contributed by atoms with Gasteiger partial charge in [-0.2, -0.15) is 0 Å². The lowest BCUT2D eigenvalue weighted by molar-refractivity contribution is 0.535. The Balaban J connectivity index is 1.82. The quantitative estimate of drug-likeness (QED) is 0.666. The molecule has 1 aliphatic rings. The van der Waals surface area contributed by atoms with Crippen LogP contribution >= 0.6 is 22.9 Å². The van der Waals surface area contributed by atoms with Crippen LogP contribution in [0.5, 0.6) is 0 Å². The Hall–Kier alpha value is -0.940. The fourth-order valence-electron chi connectivity index (χ4n) is 2.67. The second-order valence-electron chi connectivity index (χ2n) is 5.11. The van der Waals surface area contributed by atoms with Gasteiger partial charge in [0, 0.05) is 14.8 Å².